The van der Waals surface area contributed by atoms with Crippen LogP contribution in [0.5, 0.6) is 0 Å². The Bertz CT molecular complexity index is 1040. The molecule has 2 aromatic rings. The number of amides is 1. The number of hydrogen-bond acceptors (Lipinski definition) is 7. The fourth-order valence-electron chi connectivity index (χ4n) is 3.85. The first-order valence-electron chi connectivity index (χ1n) is 9.53. The van der Waals surface area contributed by atoms with Crippen molar-refractivity contribution >= 4 is 38.3 Å². The minimum Gasteiger partial charge on any atom is -0.381 e. The summed E-state index contributed by atoms with van der Waals surface area (Å²) in [5, 5.41) is 6.60. The van der Waals surface area contributed by atoms with Crippen molar-refractivity contribution in [3.05, 3.63) is 45.8 Å². The van der Waals surface area contributed by atoms with E-state index in [1.807, 2.05) is 47.5 Å². The molecular formula is C20H24N4O3S2. The quantitative estimate of drug-likeness (QED) is 0.781. The van der Waals surface area contributed by atoms with E-state index in [4.69, 9.17) is 0 Å². The number of likely N-dealkylation sites (tertiary alicyclic amines) is 1. The predicted molar refractivity (Wildman–Crippen MR) is 115 cm³/mol. The lowest BCUT2D eigenvalue weighted by Gasteiger charge is -2.33. The van der Waals surface area contributed by atoms with Gasteiger partial charge < -0.3 is 15.1 Å². The number of hydrogen-bond donors (Lipinski definition) is 1. The van der Waals surface area contributed by atoms with Gasteiger partial charge in [0, 0.05) is 41.1 Å². The third-order valence-electron chi connectivity index (χ3n) is 5.23. The first-order chi connectivity index (χ1) is 13.8. The van der Waals surface area contributed by atoms with Gasteiger partial charge in [0.2, 0.25) is 15.7 Å². The number of sulfone groups is 1. The van der Waals surface area contributed by atoms with Gasteiger partial charge in [0.15, 0.2) is 0 Å². The molecule has 4 rings (SSSR count). The second-order valence-corrected chi connectivity index (χ2v) is 10.1. The highest BCUT2D eigenvalue weighted by Gasteiger charge is 2.32. The summed E-state index contributed by atoms with van der Waals surface area (Å²) < 4.78 is 25.7. The van der Waals surface area contributed by atoms with Crippen molar-refractivity contribution in [1.82, 2.24) is 14.8 Å². The lowest BCUT2D eigenvalue weighted by Crippen LogP contribution is -2.45. The van der Waals surface area contributed by atoms with E-state index in [2.05, 4.69) is 10.3 Å². The number of likely N-dealkylation sites (N-methyl/N-ethyl adjacent to an activating group) is 1. The molecule has 0 bridgehead atoms. The number of anilines is 1. The minimum atomic E-state index is -3.53. The zero-order chi connectivity index (χ0) is 20.6. The van der Waals surface area contributed by atoms with Gasteiger partial charge in [-0.3, -0.25) is 4.79 Å². The molecule has 2 aliphatic heterocycles. The molecule has 0 spiro atoms. The highest BCUT2D eigenvalue weighted by Crippen LogP contribution is 2.41. The second kappa shape index (κ2) is 7.89. The molecule has 9 heteroatoms. The van der Waals surface area contributed by atoms with E-state index in [1.165, 1.54) is 16.7 Å². The van der Waals surface area contributed by atoms with Crippen LogP contribution in [0.25, 0.3) is 5.57 Å². The van der Waals surface area contributed by atoms with Crippen LogP contribution in [-0.4, -0.2) is 68.9 Å². The molecule has 154 valence electrons. The average molecular weight is 433 g/mol. The smallest absolute Gasteiger partial charge is 0.236 e. The number of aromatic nitrogens is 1. The van der Waals surface area contributed by atoms with Crippen molar-refractivity contribution in [2.24, 2.45) is 0 Å². The van der Waals surface area contributed by atoms with Crippen LogP contribution in [0.15, 0.2) is 39.4 Å². The molecule has 1 fully saturated rings. The number of fused-ring (bicyclic) bond motifs is 1. The number of piperidine rings is 1. The number of nitrogens with one attached hydrogen (secondary N) is 1. The zero-order valence-electron chi connectivity index (χ0n) is 16.5. The maximum atomic E-state index is 12.9. The van der Waals surface area contributed by atoms with E-state index in [0.29, 0.717) is 47.0 Å². The predicted octanol–water partition coefficient (Wildman–Crippen LogP) is 2.28. The number of carbonyl (C=O) groups excluding carboxylic acids is 1. The van der Waals surface area contributed by atoms with Crippen LogP contribution in [0.3, 0.4) is 0 Å². The molecule has 0 atom stereocenters. The van der Waals surface area contributed by atoms with Crippen LogP contribution in [0, 0.1) is 0 Å². The SMILES string of the molecule is CN(C)CC(=O)N1CCC(Nc2cccc3c2S(=O)(=O)C=C3c2cscn2)CC1. The number of nitrogens with zero attached hydrogens (tertiary/aromatic N) is 3. The van der Waals surface area contributed by atoms with Gasteiger partial charge in [-0.15, -0.1) is 11.3 Å². The van der Waals surface area contributed by atoms with E-state index in [0.717, 1.165) is 12.8 Å². The zero-order valence-corrected chi connectivity index (χ0v) is 18.1. The summed E-state index contributed by atoms with van der Waals surface area (Å²) in [6.45, 7) is 1.76. The first-order valence-corrected chi connectivity index (χ1v) is 12.0. The van der Waals surface area contributed by atoms with Gasteiger partial charge in [0.05, 0.1) is 23.4 Å². The molecule has 0 aliphatic carbocycles. The standard InChI is InChI=1S/C20H24N4O3S2/c1-23(2)10-19(25)24-8-6-14(7-9-24)22-17-5-3-4-15-16(18-11-28-13-21-18)12-29(26,27)20(15)17/h3-5,11-14,22H,6-10H2,1-2H3. The molecule has 1 aromatic heterocycles. The summed E-state index contributed by atoms with van der Waals surface area (Å²) in [6, 6.07) is 5.65. The second-order valence-electron chi connectivity index (χ2n) is 7.67. The number of rotatable bonds is 5. The summed E-state index contributed by atoms with van der Waals surface area (Å²) in [5.74, 6) is 0.133. The topological polar surface area (TPSA) is 82.6 Å². The van der Waals surface area contributed by atoms with E-state index in [1.54, 1.807) is 5.51 Å². The van der Waals surface area contributed by atoms with Gasteiger partial charge >= 0.3 is 0 Å². The van der Waals surface area contributed by atoms with Crippen LogP contribution in [0.4, 0.5) is 5.69 Å². The van der Waals surface area contributed by atoms with Gasteiger partial charge in [-0.2, -0.15) is 0 Å². The molecule has 2 aliphatic rings. The molecular weight excluding hydrogens is 408 g/mol. The normalized spacial score (nSPS) is 18.6. The summed E-state index contributed by atoms with van der Waals surface area (Å²) in [4.78, 5) is 20.6. The average Bonchev–Trinajstić information content (AvgIpc) is 3.28. The Balaban J connectivity index is 1.51. The Kier molecular flexibility index (Phi) is 5.46. The summed E-state index contributed by atoms with van der Waals surface area (Å²) >= 11 is 1.44. The van der Waals surface area contributed by atoms with Crippen molar-refractivity contribution in [2.45, 2.75) is 23.8 Å². The molecule has 0 unspecified atom stereocenters. The van der Waals surface area contributed by atoms with E-state index in [9.17, 15) is 13.2 Å². The molecule has 1 aromatic carbocycles. The number of benzene rings is 1. The molecule has 1 N–H and O–H groups in total. The molecule has 1 amide bonds. The minimum absolute atomic E-state index is 0.128. The van der Waals surface area contributed by atoms with Gasteiger partial charge in [-0.25, -0.2) is 13.4 Å². The van der Waals surface area contributed by atoms with Crippen LogP contribution in [-0.2, 0) is 14.6 Å². The summed E-state index contributed by atoms with van der Waals surface area (Å²) in [5.41, 5.74) is 4.35. The maximum Gasteiger partial charge on any atom is 0.236 e. The van der Waals surface area contributed by atoms with Crippen molar-refractivity contribution in [3.63, 3.8) is 0 Å². The van der Waals surface area contributed by atoms with Crippen LogP contribution < -0.4 is 5.32 Å². The fraction of sp³-hybridized carbons (Fsp3) is 0.400. The van der Waals surface area contributed by atoms with Crippen molar-refractivity contribution < 1.29 is 13.2 Å². The van der Waals surface area contributed by atoms with E-state index in [-0.39, 0.29) is 11.9 Å². The van der Waals surface area contributed by atoms with Crippen molar-refractivity contribution in [3.8, 4) is 0 Å². The molecule has 29 heavy (non-hydrogen) atoms. The van der Waals surface area contributed by atoms with Gasteiger partial charge in [-0.1, -0.05) is 12.1 Å². The Morgan fingerprint density at radius 1 is 1.31 bits per heavy atom. The van der Waals surface area contributed by atoms with Crippen LogP contribution in [0.2, 0.25) is 0 Å². The lowest BCUT2D eigenvalue weighted by molar-refractivity contribution is -0.132. The monoisotopic (exact) mass is 432 g/mol. The third kappa shape index (κ3) is 4.08. The highest BCUT2D eigenvalue weighted by atomic mass is 32.2. The van der Waals surface area contributed by atoms with Crippen molar-refractivity contribution in [1.29, 1.82) is 0 Å². The third-order valence-corrected chi connectivity index (χ3v) is 7.37. The van der Waals surface area contributed by atoms with E-state index < -0.39 is 9.84 Å². The molecule has 1 saturated heterocycles. The molecule has 0 radical (unpaired) electrons. The Labute approximate surface area is 175 Å². The summed E-state index contributed by atoms with van der Waals surface area (Å²) in [7, 11) is 0.241. The van der Waals surface area contributed by atoms with Crippen molar-refractivity contribution in [2.75, 3.05) is 39.0 Å². The Morgan fingerprint density at radius 3 is 2.72 bits per heavy atom. The molecule has 7 nitrogen and oxygen atoms in total. The fourth-order valence-corrected chi connectivity index (χ4v) is 6.00. The van der Waals surface area contributed by atoms with Crippen LogP contribution >= 0.6 is 11.3 Å². The van der Waals surface area contributed by atoms with Gasteiger partial charge in [0.25, 0.3) is 0 Å². The Hall–Kier alpha value is -2.23. The maximum absolute atomic E-state index is 12.9. The van der Waals surface area contributed by atoms with Gasteiger partial charge in [0.1, 0.15) is 4.90 Å². The highest BCUT2D eigenvalue weighted by molar-refractivity contribution is 7.95. The largest absolute Gasteiger partial charge is 0.381 e. The Morgan fingerprint density at radius 2 is 2.07 bits per heavy atom. The lowest BCUT2D eigenvalue weighted by atomic mass is 10.0. The molecule has 3 heterocycles. The summed E-state index contributed by atoms with van der Waals surface area (Å²) in [6.07, 6.45) is 1.57. The van der Waals surface area contributed by atoms with Crippen LogP contribution in [0.1, 0.15) is 24.1 Å². The van der Waals surface area contributed by atoms with E-state index >= 15 is 0 Å². The number of carbonyl (C=O) groups is 1. The molecule has 0 saturated carbocycles. The number of thiazole rings is 1. The first kappa shape index (κ1) is 20.1. The van der Waals surface area contributed by atoms with Gasteiger partial charge in [-0.05, 0) is 33.0 Å².